The number of nitrogens with zero attached hydrogens (tertiary/aromatic N) is 2. The number of H-pyrrole nitrogens is 2. The molecule has 0 aliphatic rings. The number of aromatic nitrogens is 4. The van der Waals surface area contributed by atoms with E-state index in [9.17, 15) is 4.79 Å². The highest BCUT2D eigenvalue weighted by Gasteiger charge is 2.02. The van der Waals surface area contributed by atoms with Gasteiger partial charge in [-0.1, -0.05) is 0 Å². The van der Waals surface area contributed by atoms with Crippen molar-refractivity contribution in [2.45, 2.75) is 0 Å². The summed E-state index contributed by atoms with van der Waals surface area (Å²) in [5.41, 5.74) is 0.563. The van der Waals surface area contributed by atoms with Crippen molar-refractivity contribution in [3.8, 4) is 11.4 Å². The summed E-state index contributed by atoms with van der Waals surface area (Å²) in [7, 11) is 1.77. The van der Waals surface area contributed by atoms with E-state index in [0.29, 0.717) is 10.6 Å². The second kappa shape index (κ2) is 3.22. The van der Waals surface area contributed by atoms with Gasteiger partial charge in [0.25, 0.3) is 0 Å². The Balaban J connectivity index is 2.60. The summed E-state index contributed by atoms with van der Waals surface area (Å²) in [4.78, 5) is 17.6. The molecule has 0 saturated carbocycles. The van der Waals surface area contributed by atoms with Crippen LogP contribution in [0.5, 0.6) is 0 Å². The van der Waals surface area contributed by atoms with E-state index >= 15 is 0 Å². The lowest BCUT2D eigenvalue weighted by Crippen LogP contribution is -2.02. The number of aryl methyl sites for hydroxylation is 1. The zero-order valence-corrected chi connectivity index (χ0v) is 8.26. The number of pyridine rings is 1. The van der Waals surface area contributed by atoms with E-state index in [1.165, 1.54) is 6.07 Å². The van der Waals surface area contributed by atoms with Gasteiger partial charge in [-0.25, -0.2) is 0 Å². The van der Waals surface area contributed by atoms with E-state index in [1.54, 1.807) is 24.0 Å². The van der Waals surface area contributed by atoms with Crippen molar-refractivity contribution in [2.75, 3.05) is 0 Å². The van der Waals surface area contributed by atoms with Crippen LogP contribution in [0.3, 0.4) is 0 Å². The summed E-state index contributed by atoms with van der Waals surface area (Å²) in [6, 6.07) is 3.22. The van der Waals surface area contributed by atoms with Crippen molar-refractivity contribution in [2.24, 2.45) is 7.05 Å². The van der Waals surface area contributed by atoms with Crippen LogP contribution < -0.4 is 5.56 Å². The third-order valence-electron chi connectivity index (χ3n) is 1.82. The molecule has 0 aliphatic carbocycles. The quantitative estimate of drug-likeness (QED) is 0.682. The van der Waals surface area contributed by atoms with Crippen molar-refractivity contribution >= 4 is 12.2 Å². The predicted molar refractivity (Wildman–Crippen MR) is 54.4 cm³/mol. The van der Waals surface area contributed by atoms with Gasteiger partial charge >= 0.3 is 0 Å². The first-order chi connectivity index (χ1) is 6.66. The molecule has 2 rings (SSSR count). The second-order valence-corrected chi connectivity index (χ2v) is 3.22. The van der Waals surface area contributed by atoms with Gasteiger partial charge in [-0.3, -0.25) is 14.6 Å². The van der Waals surface area contributed by atoms with Gasteiger partial charge in [0.15, 0.2) is 5.82 Å². The normalized spacial score (nSPS) is 10.4. The number of nitrogens with one attached hydrogen (secondary N) is 2. The molecule has 2 N–H and O–H groups in total. The Morgan fingerprint density at radius 1 is 1.57 bits per heavy atom. The van der Waals surface area contributed by atoms with Crippen molar-refractivity contribution in [1.29, 1.82) is 0 Å². The Kier molecular flexibility index (Phi) is 2.05. The van der Waals surface area contributed by atoms with Crippen LogP contribution >= 0.6 is 12.2 Å². The molecule has 0 spiro atoms. The highest BCUT2D eigenvalue weighted by Crippen LogP contribution is 2.10. The zero-order valence-electron chi connectivity index (χ0n) is 7.44. The van der Waals surface area contributed by atoms with Crippen molar-refractivity contribution in [3.63, 3.8) is 0 Å². The van der Waals surface area contributed by atoms with Gasteiger partial charge in [0.1, 0.15) is 0 Å². The second-order valence-electron chi connectivity index (χ2n) is 2.86. The minimum Gasteiger partial charge on any atom is -0.329 e. The van der Waals surface area contributed by atoms with Crippen LogP contribution in [0.15, 0.2) is 23.1 Å². The molecule has 72 valence electrons. The van der Waals surface area contributed by atoms with Gasteiger partial charge in [-0.05, 0) is 18.3 Å². The van der Waals surface area contributed by atoms with Gasteiger partial charge in [-0.2, -0.15) is 4.98 Å². The van der Waals surface area contributed by atoms with Crippen LogP contribution in [-0.2, 0) is 7.05 Å². The molecule has 2 aromatic heterocycles. The lowest BCUT2D eigenvalue weighted by atomic mass is 10.2. The van der Waals surface area contributed by atoms with E-state index in [4.69, 9.17) is 12.2 Å². The minimum atomic E-state index is -0.160. The summed E-state index contributed by atoms with van der Waals surface area (Å²) in [5, 5.41) is 2.94. The fraction of sp³-hybridized carbons (Fsp3) is 0.125. The number of rotatable bonds is 1. The highest BCUT2D eigenvalue weighted by molar-refractivity contribution is 7.71. The van der Waals surface area contributed by atoms with Crippen molar-refractivity contribution < 1.29 is 0 Å². The molecular formula is C8H8N4OS. The molecule has 14 heavy (non-hydrogen) atoms. The smallest absolute Gasteiger partial charge is 0.248 e. The van der Waals surface area contributed by atoms with Gasteiger partial charge in [0, 0.05) is 24.9 Å². The molecule has 0 saturated heterocycles. The highest BCUT2D eigenvalue weighted by atomic mass is 32.1. The standard InChI is InChI=1S/C8H8N4OS/c1-12-8(14)10-7(11-12)5-2-3-9-6(13)4-5/h2-4H,1H3,(H,9,13)(H,10,11,14). The van der Waals surface area contributed by atoms with Gasteiger partial charge in [-0.15, -0.1) is 0 Å². The molecule has 0 radical (unpaired) electrons. The molecule has 0 fully saturated rings. The largest absolute Gasteiger partial charge is 0.329 e. The zero-order chi connectivity index (χ0) is 10.1. The van der Waals surface area contributed by atoms with Gasteiger partial charge < -0.3 is 4.98 Å². The fourth-order valence-corrected chi connectivity index (χ4v) is 1.26. The van der Waals surface area contributed by atoms with Crippen LogP contribution in [0, 0.1) is 4.77 Å². The first-order valence-corrected chi connectivity index (χ1v) is 4.40. The monoisotopic (exact) mass is 208 g/mol. The minimum absolute atomic E-state index is 0.160. The third-order valence-corrected chi connectivity index (χ3v) is 2.18. The Hall–Kier alpha value is -1.69. The van der Waals surface area contributed by atoms with Crippen LogP contribution in [0.2, 0.25) is 0 Å². The molecule has 5 nitrogen and oxygen atoms in total. The van der Waals surface area contributed by atoms with Crippen LogP contribution in [0.4, 0.5) is 0 Å². The van der Waals surface area contributed by atoms with E-state index in [2.05, 4.69) is 15.1 Å². The molecule has 0 bridgehead atoms. The average molecular weight is 208 g/mol. The fourth-order valence-electron chi connectivity index (χ4n) is 1.12. The lowest BCUT2D eigenvalue weighted by Gasteiger charge is -1.93. The first kappa shape index (κ1) is 8.89. The third kappa shape index (κ3) is 1.51. The number of aromatic amines is 2. The molecule has 0 atom stereocenters. The lowest BCUT2D eigenvalue weighted by molar-refractivity contribution is 0.756. The number of hydrogen-bond donors (Lipinski definition) is 2. The Morgan fingerprint density at radius 3 is 2.93 bits per heavy atom. The molecule has 0 amide bonds. The maximum atomic E-state index is 11.0. The molecule has 0 aromatic carbocycles. The molecular weight excluding hydrogens is 200 g/mol. The Morgan fingerprint density at radius 2 is 2.36 bits per heavy atom. The van der Waals surface area contributed by atoms with Gasteiger partial charge in [0.2, 0.25) is 10.3 Å². The molecule has 2 heterocycles. The molecule has 0 unspecified atom stereocenters. The Bertz CT molecular complexity index is 565. The molecule has 2 aromatic rings. The predicted octanol–water partition coefficient (Wildman–Crippen LogP) is 0.833. The summed E-state index contributed by atoms with van der Waals surface area (Å²) in [6.45, 7) is 0. The summed E-state index contributed by atoms with van der Waals surface area (Å²) < 4.78 is 2.08. The van der Waals surface area contributed by atoms with E-state index in [-0.39, 0.29) is 5.56 Å². The summed E-state index contributed by atoms with van der Waals surface area (Å²) in [5.74, 6) is 0.601. The molecule has 0 aliphatic heterocycles. The summed E-state index contributed by atoms with van der Waals surface area (Å²) in [6.07, 6.45) is 1.57. The van der Waals surface area contributed by atoms with Gasteiger partial charge in [0.05, 0.1) is 0 Å². The SMILES string of the molecule is Cn1[nH]c(-c2cc[nH]c(=O)c2)nc1=S. The Labute approximate surface area is 84.4 Å². The van der Waals surface area contributed by atoms with Crippen molar-refractivity contribution in [1.82, 2.24) is 19.7 Å². The first-order valence-electron chi connectivity index (χ1n) is 3.99. The van der Waals surface area contributed by atoms with E-state index < -0.39 is 0 Å². The molecule has 6 heteroatoms. The van der Waals surface area contributed by atoms with Crippen molar-refractivity contribution in [3.05, 3.63) is 33.5 Å². The maximum Gasteiger partial charge on any atom is 0.248 e. The number of hydrogen-bond acceptors (Lipinski definition) is 3. The average Bonchev–Trinajstić information content (AvgIpc) is 2.47. The van der Waals surface area contributed by atoms with Crippen LogP contribution in [0.25, 0.3) is 11.4 Å². The van der Waals surface area contributed by atoms with Crippen LogP contribution in [0.1, 0.15) is 0 Å². The topological polar surface area (TPSA) is 66.5 Å². The maximum absolute atomic E-state index is 11.0. The van der Waals surface area contributed by atoms with Crippen LogP contribution in [-0.4, -0.2) is 19.7 Å². The van der Waals surface area contributed by atoms with E-state index in [0.717, 1.165) is 5.56 Å². The summed E-state index contributed by atoms with van der Waals surface area (Å²) >= 11 is 4.94. The van der Waals surface area contributed by atoms with E-state index in [1.807, 2.05) is 0 Å².